The third-order valence-corrected chi connectivity index (χ3v) is 4.88. The molecule has 3 heteroatoms. The van der Waals surface area contributed by atoms with Crippen LogP contribution in [-0.4, -0.2) is 19.7 Å². The number of fused-ring (bicyclic) bond motifs is 1. The third kappa shape index (κ3) is 2.80. The molecule has 3 rings (SSSR count). The Morgan fingerprint density at radius 3 is 2.77 bits per heavy atom. The van der Waals surface area contributed by atoms with E-state index in [1.165, 1.54) is 11.3 Å². The fraction of sp³-hybridized carbons (Fsp3) is 0.368. The molecule has 2 aromatic carbocycles. The molecule has 2 atom stereocenters. The van der Waals surface area contributed by atoms with Gasteiger partial charge in [-0.05, 0) is 49.1 Å². The summed E-state index contributed by atoms with van der Waals surface area (Å²) < 4.78 is 5.32. The highest BCUT2D eigenvalue weighted by Crippen LogP contribution is 2.35. The number of hydrogen-bond acceptors (Lipinski definition) is 2. The molecule has 2 nitrogen and oxygen atoms in total. The lowest BCUT2D eigenvalue weighted by molar-refractivity contribution is 0.411. The quantitative estimate of drug-likeness (QED) is 0.756. The van der Waals surface area contributed by atoms with Crippen molar-refractivity contribution in [2.45, 2.75) is 31.7 Å². The number of aryl methyl sites for hydroxylation is 1. The smallest absolute Gasteiger partial charge is 0.121 e. The Kier molecular flexibility index (Phi) is 4.30. The van der Waals surface area contributed by atoms with Crippen molar-refractivity contribution in [3.8, 4) is 5.75 Å². The van der Waals surface area contributed by atoms with Gasteiger partial charge in [0.2, 0.25) is 0 Å². The normalized spacial score (nSPS) is 18.2. The largest absolute Gasteiger partial charge is 0.496 e. The Balaban J connectivity index is 1.80. The summed E-state index contributed by atoms with van der Waals surface area (Å²) >= 11 is 6.70. The van der Waals surface area contributed by atoms with Crippen LogP contribution in [0.1, 0.15) is 29.0 Å². The number of anilines is 1. The maximum atomic E-state index is 6.70. The van der Waals surface area contributed by atoms with Crippen molar-refractivity contribution in [2.75, 3.05) is 18.6 Å². The van der Waals surface area contributed by atoms with Gasteiger partial charge in [-0.2, -0.15) is 0 Å². The summed E-state index contributed by atoms with van der Waals surface area (Å²) in [5, 5.41) is -0.0294. The molecule has 2 unspecified atom stereocenters. The Hall–Kier alpha value is -1.67. The molecule has 116 valence electrons. The lowest BCUT2D eigenvalue weighted by Gasteiger charge is -2.27. The molecule has 2 aromatic rings. The van der Waals surface area contributed by atoms with E-state index in [-0.39, 0.29) is 5.38 Å². The summed E-state index contributed by atoms with van der Waals surface area (Å²) in [5.74, 6) is 0.910. The van der Waals surface area contributed by atoms with Crippen LogP contribution in [0.15, 0.2) is 42.5 Å². The zero-order valence-electron chi connectivity index (χ0n) is 13.3. The van der Waals surface area contributed by atoms with Crippen molar-refractivity contribution in [1.82, 2.24) is 0 Å². The molecule has 1 aliphatic rings. The molecular weight excluding hydrogens is 294 g/mol. The van der Waals surface area contributed by atoms with Crippen LogP contribution in [0.25, 0.3) is 0 Å². The van der Waals surface area contributed by atoms with E-state index in [4.69, 9.17) is 16.3 Å². The summed E-state index contributed by atoms with van der Waals surface area (Å²) in [5.41, 5.74) is 5.02. The van der Waals surface area contributed by atoms with Crippen LogP contribution in [0, 0.1) is 6.92 Å². The fourth-order valence-corrected chi connectivity index (χ4v) is 3.57. The van der Waals surface area contributed by atoms with Crippen molar-refractivity contribution < 1.29 is 4.74 Å². The first-order valence-corrected chi connectivity index (χ1v) is 8.17. The number of benzene rings is 2. The van der Waals surface area contributed by atoms with Crippen molar-refractivity contribution in [3.05, 3.63) is 59.2 Å². The summed E-state index contributed by atoms with van der Waals surface area (Å²) in [6.07, 6.45) is 1.10. The van der Waals surface area contributed by atoms with Crippen molar-refractivity contribution in [2.24, 2.45) is 0 Å². The molecule has 0 spiro atoms. The Morgan fingerprint density at radius 2 is 2.05 bits per heavy atom. The molecule has 0 N–H and O–H groups in total. The van der Waals surface area contributed by atoms with Gasteiger partial charge in [-0.15, -0.1) is 11.6 Å². The second kappa shape index (κ2) is 6.21. The number of hydrogen-bond donors (Lipinski definition) is 0. The number of alkyl halides is 1. The predicted molar refractivity (Wildman–Crippen MR) is 93.3 cm³/mol. The minimum Gasteiger partial charge on any atom is -0.496 e. The van der Waals surface area contributed by atoms with E-state index < -0.39 is 0 Å². The molecule has 1 heterocycles. The Morgan fingerprint density at radius 1 is 1.27 bits per heavy atom. The minimum atomic E-state index is -0.0294. The van der Waals surface area contributed by atoms with E-state index in [1.54, 1.807) is 7.11 Å². The lowest BCUT2D eigenvalue weighted by atomic mass is 10.1. The first-order valence-electron chi connectivity index (χ1n) is 7.73. The van der Waals surface area contributed by atoms with Gasteiger partial charge in [0.15, 0.2) is 0 Å². The molecule has 0 saturated heterocycles. The highest BCUT2D eigenvalue weighted by molar-refractivity contribution is 6.21. The molecule has 0 amide bonds. The van der Waals surface area contributed by atoms with Gasteiger partial charge in [-0.1, -0.05) is 30.3 Å². The number of halogens is 1. The van der Waals surface area contributed by atoms with Gasteiger partial charge in [0.1, 0.15) is 5.75 Å². The number of methoxy groups -OCH3 is 1. The van der Waals surface area contributed by atoms with Gasteiger partial charge >= 0.3 is 0 Å². The monoisotopic (exact) mass is 315 g/mol. The highest BCUT2D eigenvalue weighted by atomic mass is 35.5. The van der Waals surface area contributed by atoms with E-state index in [9.17, 15) is 0 Å². The second-order valence-electron chi connectivity index (χ2n) is 6.03. The van der Waals surface area contributed by atoms with Crippen LogP contribution < -0.4 is 9.64 Å². The second-order valence-corrected chi connectivity index (χ2v) is 6.56. The molecule has 0 fully saturated rings. The summed E-state index contributed by atoms with van der Waals surface area (Å²) in [7, 11) is 1.70. The van der Waals surface area contributed by atoms with E-state index in [0.717, 1.165) is 29.8 Å². The zero-order chi connectivity index (χ0) is 15.7. The highest BCUT2D eigenvalue weighted by Gasteiger charge is 2.27. The van der Waals surface area contributed by atoms with Crippen LogP contribution in [0.4, 0.5) is 5.69 Å². The van der Waals surface area contributed by atoms with Crippen LogP contribution >= 0.6 is 11.6 Å². The molecule has 0 bridgehead atoms. The van der Waals surface area contributed by atoms with E-state index >= 15 is 0 Å². The first-order chi connectivity index (χ1) is 10.6. The predicted octanol–water partition coefficient (Wildman–Crippen LogP) is 4.73. The number of para-hydroxylation sites is 1. The van der Waals surface area contributed by atoms with Crippen LogP contribution in [0.5, 0.6) is 5.75 Å². The topological polar surface area (TPSA) is 12.5 Å². The van der Waals surface area contributed by atoms with Crippen molar-refractivity contribution >= 4 is 17.3 Å². The summed E-state index contributed by atoms with van der Waals surface area (Å²) in [4.78, 5) is 2.42. The standard InChI is InChI=1S/C19H22ClNO/c1-13-10-15(8-9-19(13)22-3)17(20)12-21-14(2)11-16-6-4-5-7-18(16)21/h4-10,14,17H,11-12H2,1-3H3. The number of rotatable bonds is 4. The van der Waals surface area contributed by atoms with Gasteiger partial charge in [0.05, 0.1) is 12.5 Å². The Labute approximate surface area is 137 Å². The zero-order valence-corrected chi connectivity index (χ0v) is 14.1. The average molecular weight is 316 g/mol. The molecular formula is C19H22ClNO. The maximum absolute atomic E-state index is 6.70. The Bertz CT molecular complexity index is 670. The summed E-state index contributed by atoms with van der Waals surface area (Å²) in [6, 6.07) is 15.3. The number of ether oxygens (including phenoxy) is 1. The van der Waals surface area contributed by atoms with E-state index in [2.05, 4.69) is 55.1 Å². The summed E-state index contributed by atoms with van der Waals surface area (Å²) in [6.45, 7) is 5.15. The SMILES string of the molecule is COc1ccc(C(Cl)CN2c3ccccc3CC2C)cc1C. The third-order valence-electron chi connectivity index (χ3n) is 4.49. The van der Waals surface area contributed by atoms with Gasteiger partial charge in [0.25, 0.3) is 0 Å². The van der Waals surface area contributed by atoms with Crippen molar-refractivity contribution in [3.63, 3.8) is 0 Å². The fourth-order valence-electron chi connectivity index (χ4n) is 3.28. The molecule has 0 aliphatic carbocycles. The molecule has 0 aromatic heterocycles. The molecule has 0 saturated carbocycles. The van der Waals surface area contributed by atoms with Crippen molar-refractivity contribution in [1.29, 1.82) is 0 Å². The number of nitrogens with zero attached hydrogens (tertiary/aromatic N) is 1. The van der Waals surface area contributed by atoms with Gasteiger partial charge in [-0.25, -0.2) is 0 Å². The van der Waals surface area contributed by atoms with Gasteiger partial charge < -0.3 is 9.64 Å². The molecule has 22 heavy (non-hydrogen) atoms. The van der Waals surface area contributed by atoms with E-state index in [1.807, 2.05) is 6.07 Å². The van der Waals surface area contributed by atoms with Crippen LogP contribution in [-0.2, 0) is 6.42 Å². The van der Waals surface area contributed by atoms with Crippen LogP contribution in [0.2, 0.25) is 0 Å². The van der Waals surface area contributed by atoms with Gasteiger partial charge in [-0.3, -0.25) is 0 Å². The molecule has 0 radical (unpaired) electrons. The van der Waals surface area contributed by atoms with E-state index in [0.29, 0.717) is 6.04 Å². The average Bonchev–Trinajstić information content (AvgIpc) is 2.83. The van der Waals surface area contributed by atoms with Crippen LogP contribution in [0.3, 0.4) is 0 Å². The van der Waals surface area contributed by atoms with Gasteiger partial charge in [0, 0.05) is 18.3 Å². The maximum Gasteiger partial charge on any atom is 0.121 e. The first kappa shape index (κ1) is 15.2. The molecule has 1 aliphatic heterocycles. The minimum absolute atomic E-state index is 0.0294. The lowest BCUT2D eigenvalue weighted by Crippen LogP contribution is -2.32.